The number of ether oxygens (including phenoxy) is 2. The fourth-order valence-electron chi connectivity index (χ4n) is 1.52. The fourth-order valence-corrected chi connectivity index (χ4v) is 2.14. The van der Waals surface area contributed by atoms with Gasteiger partial charge in [-0.15, -0.1) is 0 Å². The molecule has 8 heteroatoms. The number of carbonyl (C=O) groups is 2. The van der Waals surface area contributed by atoms with E-state index in [1.807, 2.05) is 5.32 Å². The number of nitrogens with one attached hydrogen (secondary N) is 1. The highest BCUT2D eigenvalue weighted by atomic mass is 79.9. The molecule has 3 N–H and O–H groups in total. The van der Waals surface area contributed by atoms with E-state index in [2.05, 4.69) is 15.9 Å². The molecule has 0 aliphatic carbocycles. The van der Waals surface area contributed by atoms with Crippen LogP contribution >= 0.6 is 15.9 Å². The second-order valence-corrected chi connectivity index (χ2v) is 4.58. The number of carbonyl (C=O) groups excluding carboxylic acids is 2. The van der Waals surface area contributed by atoms with Gasteiger partial charge >= 0.3 is 6.03 Å². The molecular weight excluding hydrogens is 342 g/mol. The van der Waals surface area contributed by atoms with Crippen LogP contribution < -0.4 is 20.5 Å². The van der Waals surface area contributed by atoms with E-state index in [0.717, 1.165) is 0 Å². The number of hydrogen-bond acceptors (Lipinski definition) is 5. The molecule has 1 aromatic carbocycles. The molecule has 3 amide bonds. The van der Waals surface area contributed by atoms with Crippen LogP contribution in [0.3, 0.4) is 0 Å². The highest BCUT2D eigenvalue weighted by Crippen LogP contribution is 2.36. The normalized spacial score (nSPS) is 10.5. The number of benzene rings is 1. The van der Waals surface area contributed by atoms with E-state index in [4.69, 9.17) is 20.5 Å². The van der Waals surface area contributed by atoms with Crippen LogP contribution in [0.15, 0.2) is 22.2 Å². The first-order chi connectivity index (χ1) is 9.92. The van der Waals surface area contributed by atoms with Crippen LogP contribution in [0.5, 0.6) is 11.5 Å². The molecule has 110 valence electrons. The van der Waals surface area contributed by atoms with Gasteiger partial charge in [0.15, 0.2) is 11.5 Å². The Morgan fingerprint density at radius 1 is 1.38 bits per heavy atom. The molecule has 0 unspecified atom stereocenters. The predicted octanol–water partition coefficient (Wildman–Crippen LogP) is 1.57. The van der Waals surface area contributed by atoms with Gasteiger partial charge in [0.05, 0.1) is 18.7 Å². The van der Waals surface area contributed by atoms with E-state index in [1.54, 1.807) is 18.2 Å². The Hall–Kier alpha value is -2.53. The largest absolute Gasteiger partial charge is 0.493 e. The standard InChI is InChI=1S/C13H12BrN3O4/c1-20-10-5-7(4-9(14)11(10)21-2)3-8(6-15)12(18)17-13(16)19/h3-5H,1-2H3,(H3,16,17,18,19)/b8-3+. The quantitative estimate of drug-likeness (QED) is 0.629. The minimum atomic E-state index is -1.03. The summed E-state index contributed by atoms with van der Waals surface area (Å²) in [6.45, 7) is 0. The molecule has 1 aromatic rings. The average molecular weight is 354 g/mol. The van der Waals surface area contributed by atoms with Crippen LogP contribution in [0.1, 0.15) is 5.56 Å². The van der Waals surface area contributed by atoms with Crippen molar-refractivity contribution in [2.75, 3.05) is 14.2 Å². The van der Waals surface area contributed by atoms with Crippen molar-refractivity contribution in [1.29, 1.82) is 5.26 Å². The molecule has 0 aliphatic heterocycles. The van der Waals surface area contributed by atoms with Crippen molar-refractivity contribution < 1.29 is 19.1 Å². The predicted molar refractivity (Wildman–Crippen MR) is 78.6 cm³/mol. The second-order valence-electron chi connectivity index (χ2n) is 3.73. The van der Waals surface area contributed by atoms with Crippen molar-refractivity contribution in [2.45, 2.75) is 0 Å². The third kappa shape index (κ3) is 4.22. The zero-order chi connectivity index (χ0) is 16.0. The molecule has 0 fully saturated rings. The number of hydrogen-bond donors (Lipinski definition) is 2. The number of methoxy groups -OCH3 is 2. The van der Waals surface area contributed by atoms with Crippen LogP contribution in [0, 0.1) is 11.3 Å². The van der Waals surface area contributed by atoms with Crippen molar-refractivity contribution in [1.82, 2.24) is 5.32 Å². The van der Waals surface area contributed by atoms with E-state index in [1.165, 1.54) is 20.3 Å². The van der Waals surface area contributed by atoms with E-state index >= 15 is 0 Å². The Labute approximate surface area is 129 Å². The lowest BCUT2D eigenvalue weighted by atomic mass is 10.1. The summed E-state index contributed by atoms with van der Waals surface area (Å²) in [4.78, 5) is 22.2. The Morgan fingerprint density at radius 3 is 2.52 bits per heavy atom. The molecule has 0 heterocycles. The monoisotopic (exact) mass is 353 g/mol. The third-order valence-electron chi connectivity index (χ3n) is 2.37. The summed E-state index contributed by atoms with van der Waals surface area (Å²) >= 11 is 3.30. The van der Waals surface area contributed by atoms with E-state index in [9.17, 15) is 9.59 Å². The summed E-state index contributed by atoms with van der Waals surface area (Å²) in [5.74, 6) is 0.0244. The van der Waals surface area contributed by atoms with Gasteiger partial charge in [0, 0.05) is 0 Å². The third-order valence-corrected chi connectivity index (χ3v) is 2.96. The van der Waals surface area contributed by atoms with Crippen molar-refractivity contribution in [3.8, 4) is 17.6 Å². The first-order valence-electron chi connectivity index (χ1n) is 5.57. The van der Waals surface area contributed by atoms with Crippen LogP contribution in [0.4, 0.5) is 4.79 Å². The maximum Gasteiger partial charge on any atom is 0.319 e. The molecule has 0 aromatic heterocycles. The van der Waals surface area contributed by atoms with E-state index in [-0.39, 0.29) is 5.57 Å². The molecule has 0 saturated heterocycles. The zero-order valence-corrected chi connectivity index (χ0v) is 12.9. The van der Waals surface area contributed by atoms with E-state index < -0.39 is 11.9 Å². The summed E-state index contributed by atoms with van der Waals surface area (Å²) in [6, 6.07) is 3.88. The van der Waals surface area contributed by atoms with Gasteiger partial charge in [0.1, 0.15) is 11.6 Å². The van der Waals surface area contributed by atoms with E-state index in [0.29, 0.717) is 21.5 Å². The van der Waals surface area contributed by atoms with Crippen LogP contribution in [-0.4, -0.2) is 26.2 Å². The molecule has 7 nitrogen and oxygen atoms in total. The molecule has 0 aliphatic rings. The summed E-state index contributed by atoms with van der Waals surface area (Å²) in [6.07, 6.45) is 1.30. The number of amides is 3. The van der Waals surface area contributed by atoms with Gasteiger partial charge in [0.25, 0.3) is 5.91 Å². The van der Waals surface area contributed by atoms with Gasteiger partial charge in [-0.05, 0) is 39.7 Å². The lowest BCUT2D eigenvalue weighted by Gasteiger charge is -2.10. The lowest BCUT2D eigenvalue weighted by molar-refractivity contribution is -0.115. The first kappa shape index (κ1) is 16.5. The maximum absolute atomic E-state index is 11.6. The highest BCUT2D eigenvalue weighted by Gasteiger charge is 2.13. The number of nitrogens with two attached hydrogens (primary N) is 1. The van der Waals surface area contributed by atoms with Crippen molar-refractivity contribution in [2.24, 2.45) is 5.73 Å². The minimum Gasteiger partial charge on any atom is -0.493 e. The van der Waals surface area contributed by atoms with Gasteiger partial charge in [-0.25, -0.2) is 4.79 Å². The Bertz CT molecular complexity index is 650. The summed E-state index contributed by atoms with van der Waals surface area (Å²) in [7, 11) is 2.95. The van der Waals surface area contributed by atoms with Gasteiger partial charge in [0.2, 0.25) is 0 Å². The SMILES string of the molecule is COc1cc(/C=C(\C#N)C(=O)NC(N)=O)cc(Br)c1OC. The maximum atomic E-state index is 11.6. The first-order valence-corrected chi connectivity index (χ1v) is 6.36. The van der Waals surface area contributed by atoms with Gasteiger partial charge in [-0.2, -0.15) is 5.26 Å². The number of nitrogens with zero attached hydrogens (tertiary/aromatic N) is 1. The average Bonchev–Trinajstić information content (AvgIpc) is 2.43. The number of urea groups is 1. The van der Waals surface area contributed by atoms with Crippen molar-refractivity contribution in [3.05, 3.63) is 27.7 Å². The van der Waals surface area contributed by atoms with Crippen LogP contribution in [-0.2, 0) is 4.79 Å². The second kappa shape index (κ2) is 7.31. The van der Waals surface area contributed by atoms with Gasteiger partial charge in [-0.3, -0.25) is 10.1 Å². The Balaban J connectivity index is 3.24. The molecule has 21 heavy (non-hydrogen) atoms. The zero-order valence-electron chi connectivity index (χ0n) is 11.3. The van der Waals surface area contributed by atoms with Crippen molar-refractivity contribution in [3.63, 3.8) is 0 Å². The summed E-state index contributed by atoms with van der Waals surface area (Å²) < 4.78 is 10.9. The number of nitriles is 1. The molecule has 0 spiro atoms. The molecule has 1 rings (SSSR count). The Kier molecular flexibility index (Phi) is 5.75. The minimum absolute atomic E-state index is 0.270. The summed E-state index contributed by atoms with van der Waals surface area (Å²) in [5.41, 5.74) is 5.07. The van der Waals surface area contributed by atoms with Crippen LogP contribution in [0.2, 0.25) is 0 Å². The molecule has 0 bridgehead atoms. The topological polar surface area (TPSA) is 114 Å². The number of imide groups is 1. The number of halogens is 1. The Morgan fingerprint density at radius 2 is 2.05 bits per heavy atom. The molecule has 0 saturated carbocycles. The number of primary amides is 1. The van der Waals surface area contributed by atoms with Crippen LogP contribution in [0.25, 0.3) is 6.08 Å². The number of rotatable bonds is 4. The molecular formula is C13H12BrN3O4. The summed E-state index contributed by atoms with van der Waals surface area (Å²) in [5, 5.41) is 10.8. The van der Waals surface area contributed by atoms with Gasteiger partial charge < -0.3 is 15.2 Å². The van der Waals surface area contributed by atoms with Gasteiger partial charge in [-0.1, -0.05) is 0 Å². The van der Waals surface area contributed by atoms with Crippen molar-refractivity contribution >= 4 is 33.9 Å². The lowest BCUT2D eigenvalue weighted by Crippen LogP contribution is -2.35. The highest BCUT2D eigenvalue weighted by molar-refractivity contribution is 9.10. The smallest absolute Gasteiger partial charge is 0.319 e. The molecule has 0 atom stereocenters. The molecule has 0 radical (unpaired) electrons. The fraction of sp³-hybridized carbons (Fsp3) is 0.154.